The largest absolute Gasteiger partial charge is 0.462 e. The first-order chi connectivity index (χ1) is 11.0. The van der Waals surface area contributed by atoms with E-state index in [-0.39, 0.29) is 12.0 Å². The van der Waals surface area contributed by atoms with Crippen molar-refractivity contribution < 1.29 is 14.3 Å². The molecule has 2 aromatic carbocycles. The molecule has 0 aliphatic heterocycles. The van der Waals surface area contributed by atoms with Gasteiger partial charge in [0.2, 0.25) is 0 Å². The van der Waals surface area contributed by atoms with E-state index in [0.717, 1.165) is 15.7 Å². The van der Waals surface area contributed by atoms with Crippen LogP contribution in [0.2, 0.25) is 0 Å². The quantitative estimate of drug-likeness (QED) is 0.767. The van der Waals surface area contributed by atoms with Crippen LogP contribution >= 0.6 is 15.9 Å². The highest BCUT2D eigenvalue weighted by atomic mass is 79.9. The van der Waals surface area contributed by atoms with Gasteiger partial charge in [-0.1, -0.05) is 15.9 Å². The zero-order valence-corrected chi connectivity index (χ0v) is 14.4. The molecule has 2 aromatic rings. The topological polar surface area (TPSA) is 67.4 Å². The maximum absolute atomic E-state index is 12.0. The lowest BCUT2D eigenvalue weighted by Gasteiger charge is -2.10. The molecule has 6 heteroatoms. The molecule has 2 N–H and O–H groups in total. The average molecular weight is 377 g/mol. The summed E-state index contributed by atoms with van der Waals surface area (Å²) in [5.74, 6) is -0.381. The number of carbonyl (C=O) groups is 2. The van der Waals surface area contributed by atoms with Crippen LogP contribution < -0.4 is 10.6 Å². The lowest BCUT2D eigenvalue weighted by atomic mass is 10.2. The van der Waals surface area contributed by atoms with E-state index in [1.807, 2.05) is 25.1 Å². The lowest BCUT2D eigenvalue weighted by Crippen LogP contribution is -2.20. The number of halogens is 1. The first-order valence-electron chi connectivity index (χ1n) is 7.11. The molecular formula is C17H17BrN2O3. The monoisotopic (exact) mass is 376 g/mol. The van der Waals surface area contributed by atoms with E-state index in [0.29, 0.717) is 17.9 Å². The van der Waals surface area contributed by atoms with Gasteiger partial charge in [-0.2, -0.15) is 0 Å². The Labute approximate surface area is 143 Å². The fourth-order valence-electron chi connectivity index (χ4n) is 1.96. The zero-order valence-electron chi connectivity index (χ0n) is 12.9. The second-order valence-corrected chi connectivity index (χ2v) is 5.75. The molecule has 2 rings (SSSR count). The summed E-state index contributed by atoms with van der Waals surface area (Å²) in [6.45, 7) is 3.99. The molecule has 0 atom stereocenters. The van der Waals surface area contributed by atoms with Crippen LogP contribution in [0.1, 0.15) is 22.8 Å². The number of amides is 2. The summed E-state index contributed by atoms with van der Waals surface area (Å²) in [6.07, 6.45) is 0. The summed E-state index contributed by atoms with van der Waals surface area (Å²) in [6, 6.07) is 11.8. The van der Waals surface area contributed by atoms with E-state index >= 15 is 0 Å². The van der Waals surface area contributed by atoms with Crippen LogP contribution in [0, 0.1) is 6.92 Å². The van der Waals surface area contributed by atoms with Gasteiger partial charge < -0.3 is 15.4 Å². The van der Waals surface area contributed by atoms with E-state index in [2.05, 4.69) is 26.6 Å². The second-order valence-electron chi connectivity index (χ2n) is 4.84. The molecule has 120 valence electrons. The molecule has 0 saturated carbocycles. The van der Waals surface area contributed by atoms with Gasteiger partial charge >= 0.3 is 12.0 Å². The highest BCUT2D eigenvalue weighted by Gasteiger charge is 2.08. The first-order valence-corrected chi connectivity index (χ1v) is 7.90. The minimum Gasteiger partial charge on any atom is -0.462 e. The molecule has 0 bridgehead atoms. The highest BCUT2D eigenvalue weighted by molar-refractivity contribution is 9.10. The van der Waals surface area contributed by atoms with Crippen molar-refractivity contribution >= 4 is 39.3 Å². The van der Waals surface area contributed by atoms with Crippen LogP contribution in [-0.4, -0.2) is 18.6 Å². The molecule has 2 amide bonds. The normalized spacial score (nSPS) is 10.0. The van der Waals surface area contributed by atoms with Crippen LogP contribution in [0.3, 0.4) is 0 Å². The second kappa shape index (κ2) is 7.78. The Morgan fingerprint density at radius 1 is 1.09 bits per heavy atom. The number of urea groups is 1. The van der Waals surface area contributed by atoms with Gasteiger partial charge in [-0.05, 0) is 61.9 Å². The highest BCUT2D eigenvalue weighted by Crippen LogP contribution is 2.20. The number of hydrogen-bond acceptors (Lipinski definition) is 3. The smallest absolute Gasteiger partial charge is 0.338 e. The number of esters is 1. The van der Waals surface area contributed by atoms with Gasteiger partial charge in [0.15, 0.2) is 0 Å². The molecular weight excluding hydrogens is 360 g/mol. The van der Waals surface area contributed by atoms with E-state index in [9.17, 15) is 9.59 Å². The Kier molecular flexibility index (Phi) is 5.76. The lowest BCUT2D eigenvalue weighted by molar-refractivity contribution is 0.0526. The predicted molar refractivity (Wildman–Crippen MR) is 93.9 cm³/mol. The molecule has 0 aliphatic rings. The van der Waals surface area contributed by atoms with Crippen LogP contribution in [0.25, 0.3) is 0 Å². The molecule has 0 aromatic heterocycles. The molecule has 23 heavy (non-hydrogen) atoms. The van der Waals surface area contributed by atoms with Gasteiger partial charge in [0.05, 0.1) is 12.2 Å². The Bertz CT molecular complexity index is 714. The summed E-state index contributed by atoms with van der Waals surface area (Å²) >= 11 is 3.38. The molecule has 0 saturated heterocycles. The number of benzene rings is 2. The third-order valence-electron chi connectivity index (χ3n) is 3.09. The summed E-state index contributed by atoms with van der Waals surface area (Å²) in [5, 5.41) is 5.50. The summed E-state index contributed by atoms with van der Waals surface area (Å²) in [7, 11) is 0. The summed E-state index contributed by atoms with van der Waals surface area (Å²) in [5.41, 5.74) is 2.72. The summed E-state index contributed by atoms with van der Waals surface area (Å²) in [4.78, 5) is 23.6. The predicted octanol–water partition coefficient (Wildman–Crippen LogP) is 4.58. The van der Waals surface area contributed by atoms with E-state index in [4.69, 9.17) is 4.74 Å². The number of carbonyl (C=O) groups excluding carboxylic acids is 2. The SMILES string of the molecule is CCOC(=O)c1ccc(NC(=O)Nc2ccc(Br)cc2C)cc1. The van der Waals surface area contributed by atoms with Crippen molar-refractivity contribution in [2.24, 2.45) is 0 Å². The van der Waals surface area contributed by atoms with E-state index in [1.54, 1.807) is 31.2 Å². The van der Waals surface area contributed by atoms with Crippen LogP contribution in [0.5, 0.6) is 0 Å². The van der Waals surface area contributed by atoms with Gasteiger partial charge in [-0.3, -0.25) is 0 Å². The molecule has 0 radical (unpaired) electrons. The fraction of sp³-hybridized carbons (Fsp3) is 0.176. The minimum absolute atomic E-state index is 0.327. The number of hydrogen-bond donors (Lipinski definition) is 2. The van der Waals surface area contributed by atoms with Crippen molar-refractivity contribution in [2.45, 2.75) is 13.8 Å². The number of rotatable bonds is 4. The Morgan fingerprint density at radius 2 is 1.78 bits per heavy atom. The Balaban J connectivity index is 1.98. The zero-order chi connectivity index (χ0) is 16.8. The van der Waals surface area contributed by atoms with E-state index < -0.39 is 0 Å². The van der Waals surface area contributed by atoms with Gasteiger partial charge in [0.1, 0.15) is 0 Å². The standard InChI is InChI=1S/C17H17BrN2O3/c1-3-23-16(21)12-4-7-14(8-5-12)19-17(22)20-15-9-6-13(18)10-11(15)2/h4-10H,3H2,1-2H3,(H2,19,20,22). The maximum atomic E-state index is 12.0. The van der Waals surface area contributed by atoms with Gasteiger partial charge in [-0.15, -0.1) is 0 Å². The molecule has 0 unspecified atom stereocenters. The molecule has 5 nitrogen and oxygen atoms in total. The van der Waals surface area contributed by atoms with E-state index in [1.165, 1.54) is 0 Å². The molecule has 0 heterocycles. The molecule has 0 aliphatic carbocycles. The van der Waals surface area contributed by atoms with Crippen molar-refractivity contribution in [1.82, 2.24) is 0 Å². The molecule has 0 fully saturated rings. The number of nitrogens with one attached hydrogen (secondary N) is 2. The van der Waals surface area contributed by atoms with Crippen LogP contribution in [0.15, 0.2) is 46.9 Å². The Morgan fingerprint density at radius 3 is 2.39 bits per heavy atom. The Hall–Kier alpha value is -2.34. The van der Waals surface area contributed by atoms with Crippen molar-refractivity contribution in [3.05, 3.63) is 58.1 Å². The first kappa shape index (κ1) is 17.0. The van der Waals surface area contributed by atoms with Crippen molar-refractivity contribution in [3.8, 4) is 0 Å². The van der Waals surface area contributed by atoms with Crippen molar-refractivity contribution in [2.75, 3.05) is 17.2 Å². The van der Waals surface area contributed by atoms with Gasteiger partial charge in [0.25, 0.3) is 0 Å². The maximum Gasteiger partial charge on any atom is 0.338 e. The van der Waals surface area contributed by atoms with Crippen LogP contribution in [0.4, 0.5) is 16.2 Å². The van der Waals surface area contributed by atoms with Gasteiger partial charge in [0, 0.05) is 15.8 Å². The number of anilines is 2. The fourth-order valence-corrected chi connectivity index (χ4v) is 2.43. The number of ether oxygens (including phenoxy) is 1. The van der Waals surface area contributed by atoms with Gasteiger partial charge in [-0.25, -0.2) is 9.59 Å². The van der Waals surface area contributed by atoms with Crippen molar-refractivity contribution in [1.29, 1.82) is 0 Å². The minimum atomic E-state index is -0.381. The molecule has 0 spiro atoms. The van der Waals surface area contributed by atoms with Crippen LogP contribution in [-0.2, 0) is 4.74 Å². The third-order valence-corrected chi connectivity index (χ3v) is 3.58. The summed E-state index contributed by atoms with van der Waals surface area (Å²) < 4.78 is 5.86. The number of aryl methyl sites for hydroxylation is 1. The third kappa shape index (κ3) is 4.82. The average Bonchev–Trinajstić information content (AvgIpc) is 2.51. The van der Waals surface area contributed by atoms with Crippen molar-refractivity contribution in [3.63, 3.8) is 0 Å².